The van der Waals surface area contributed by atoms with Gasteiger partial charge in [-0.25, -0.2) is 17.8 Å². The summed E-state index contributed by atoms with van der Waals surface area (Å²) < 4.78 is 41.1. The van der Waals surface area contributed by atoms with Crippen LogP contribution in [0.2, 0.25) is 0 Å². The van der Waals surface area contributed by atoms with Crippen LogP contribution in [-0.2, 0) is 21.4 Å². The van der Waals surface area contributed by atoms with E-state index in [2.05, 4.69) is 4.98 Å². The smallest absolute Gasteiger partial charge is 0.261 e. The van der Waals surface area contributed by atoms with Crippen molar-refractivity contribution in [2.45, 2.75) is 18.4 Å². The molecule has 0 N–H and O–H groups in total. The summed E-state index contributed by atoms with van der Waals surface area (Å²) in [6.45, 7) is 2.36. The molecule has 4 rings (SSSR count). The Morgan fingerprint density at radius 1 is 1.06 bits per heavy atom. The highest BCUT2D eigenvalue weighted by molar-refractivity contribution is 7.89. The molecule has 0 radical (unpaired) electrons. The summed E-state index contributed by atoms with van der Waals surface area (Å²) in [5, 5.41) is 0.450. The lowest BCUT2D eigenvalue weighted by Crippen LogP contribution is -2.51. The van der Waals surface area contributed by atoms with Crippen LogP contribution in [-0.4, -0.2) is 59.3 Å². The van der Waals surface area contributed by atoms with E-state index in [9.17, 15) is 22.4 Å². The van der Waals surface area contributed by atoms with E-state index in [1.165, 1.54) is 32.2 Å². The van der Waals surface area contributed by atoms with Crippen molar-refractivity contribution < 1.29 is 17.6 Å². The number of rotatable bonds is 4. The van der Waals surface area contributed by atoms with Gasteiger partial charge >= 0.3 is 0 Å². The number of fused-ring (bicyclic) bond motifs is 1. The standard InChI is InChI=1S/C21H21FN4O4S/c1-15-2-7-19-18(12-15)21(28)25(14-23-19)13-20(27)24-8-10-26(11-9-24)31(29,30)17-5-3-16(22)4-6-17/h2-7,12,14H,8-11,13H2,1H3. The molecular formula is C21H21FN4O4S. The first-order chi connectivity index (χ1) is 14.8. The molecular weight excluding hydrogens is 423 g/mol. The first kappa shape index (κ1) is 21.1. The first-order valence-electron chi connectivity index (χ1n) is 9.75. The molecule has 0 spiro atoms. The molecule has 1 fully saturated rings. The third-order valence-corrected chi connectivity index (χ3v) is 7.24. The summed E-state index contributed by atoms with van der Waals surface area (Å²) >= 11 is 0. The molecule has 1 amide bonds. The van der Waals surface area contributed by atoms with Gasteiger partial charge in [0.2, 0.25) is 15.9 Å². The van der Waals surface area contributed by atoms with E-state index >= 15 is 0 Å². The average Bonchev–Trinajstić information content (AvgIpc) is 2.76. The monoisotopic (exact) mass is 444 g/mol. The van der Waals surface area contributed by atoms with E-state index in [1.54, 1.807) is 12.1 Å². The average molecular weight is 444 g/mol. The Bertz CT molecular complexity index is 1300. The largest absolute Gasteiger partial charge is 0.338 e. The number of halogens is 1. The summed E-state index contributed by atoms with van der Waals surface area (Å²) in [5.74, 6) is -0.794. The molecule has 2 aromatic carbocycles. The number of sulfonamides is 1. The molecule has 1 aliphatic rings. The molecule has 162 valence electrons. The fourth-order valence-corrected chi connectivity index (χ4v) is 4.99. The Balaban J connectivity index is 1.44. The molecule has 1 aromatic heterocycles. The van der Waals surface area contributed by atoms with Gasteiger partial charge in [0.1, 0.15) is 12.4 Å². The summed E-state index contributed by atoms with van der Waals surface area (Å²) in [7, 11) is -3.76. The van der Waals surface area contributed by atoms with Crippen LogP contribution >= 0.6 is 0 Å². The third-order valence-electron chi connectivity index (χ3n) is 5.33. The molecule has 1 aliphatic heterocycles. The lowest BCUT2D eigenvalue weighted by molar-refractivity contribution is -0.133. The maximum absolute atomic E-state index is 13.1. The summed E-state index contributed by atoms with van der Waals surface area (Å²) in [6.07, 6.45) is 1.35. The molecule has 0 aliphatic carbocycles. The second-order valence-electron chi connectivity index (χ2n) is 7.44. The maximum atomic E-state index is 13.1. The van der Waals surface area contributed by atoms with Crippen molar-refractivity contribution in [1.82, 2.24) is 18.8 Å². The first-order valence-corrected chi connectivity index (χ1v) is 11.2. The van der Waals surface area contributed by atoms with Gasteiger partial charge in [-0.15, -0.1) is 0 Å². The van der Waals surface area contributed by atoms with Crippen molar-refractivity contribution in [3.63, 3.8) is 0 Å². The zero-order chi connectivity index (χ0) is 22.2. The van der Waals surface area contributed by atoms with Gasteiger partial charge in [-0.2, -0.15) is 4.31 Å². The number of nitrogens with zero attached hydrogens (tertiary/aromatic N) is 4. The topological polar surface area (TPSA) is 92.6 Å². The van der Waals surface area contributed by atoms with Crippen molar-refractivity contribution in [2.75, 3.05) is 26.2 Å². The molecule has 1 saturated heterocycles. The van der Waals surface area contributed by atoms with Crippen molar-refractivity contribution >= 4 is 26.8 Å². The zero-order valence-electron chi connectivity index (χ0n) is 16.9. The van der Waals surface area contributed by atoms with E-state index in [-0.39, 0.29) is 49.1 Å². The van der Waals surface area contributed by atoms with E-state index in [1.807, 2.05) is 13.0 Å². The molecule has 2 heterocycles. The Labute approximate surface area is 178 Å². The zero-order valence-corrected chi connectivity index (χ0v) is 17.7. The van der Waals surface area contributed by atoms with Crippen molar-refractivity contribution in [3.05, 3.63) is 70.5 Å². The van der Waals surface area contributed by atoms with E-state index in [4.69, 9.17) is 0 Å². The van der Waals surface area contributed by atoms with Gasteiger partial charge in [0.15, 0.2) is 0 Å². The highest BCUT2D eigenvalue weighted by Gasteiger charge is 2.30. The number of hydrogen-bond donors (Lipinski definition) is 0. The van der Waals surface area contributed by atoms with Gasteiger partial charge in [0, 0.05) is 26.2 Å². The summed E-state index contributed by atoms with van der Waals surface area (Å²) in [4.78, 5) is 31.2. The number of carbonyl (C=O) groups excluding carboxylic acids is 1. The fourth-order valence-electron chi connectivity index (χ4n) is 3.56. The number of hydrogen-bond acceptors (Lipinski definition) is 5. The Kier molecular flexibility index (Phi) is 5.59. The molecule has 8 nitrogen and oxygen atoms in total. The summed E-state index contributed by atoms with van der Waals surface area (Å²) in [6, 6.07) is 10.0. The fraction of sp³-hybridized carbons (Fsp3) is 0.286. The number of benzene rings is 2. The molecule has 0 unspecified atom stereocenters. The Hall–Kier alpha value is -3.11. The quantitative estimate of drug-likeness (QED) is 0.606. The van der Waals surface area contributed by atoms with E-state index < -0.39 is 15.8 Å². The predicted molar refractivity (Wildman–Crippen MR) is 112 cm³/mol. The van der Waals surface area contributed by atoms with Gasteiger partial charge < -0.3 is 4.90 Å². The minimum atomic E-state index is -3.76. The normalized spacial score (nSPS) is 15.4. The van der Waals surface area contributed by atoms with Gasteiger partial charge in [-0.1, -0.05) is 11.6 Å². The van der Waals surface area contributed by atoms with Gasteiger partial charge in [-0.05, 0) is 43.3 Å². The molecule has 0 bridgehead atoms. The van der Waals surface area contributed by atoms with Crippen molar-refractivity contribution in [1.29, 1.82) is 0 Å². The SMILES string of the molecule is Cc1ccc2ncn(CC(=O)N3CCN(S(=O)(=O)c4ccc(F)cc4)CC3)c(=O)c2c1. The minimum absolute atomic E-state index is 0.0118. The number of aryl methyl sites for hydroxylation is 1. The highest BCUT2D eigenvalue weighted by atomic mass is 32.2. The number of aromatic nitrogens is 2. The lowest BCUT2D eigenvalue weighted by Gasteiger charge is -2.34. The van der Waals surface area contributed by atoms with Crippen molar-refractivity contribution in [2.24, 2.45) is 0 Å². The molecule has 31 heavy (non-hydrogen) atoms. The van der Waals surface area contributed by atoms with E-state index in [0.717, 1.165) is 17.7 Å². The molecule has 3 aromatic rings. The van der Waals surface area contributed by atoms with Gasteiger partial charge in [0.25, 0.3) is 5.56 Å². The second-order valence-corrected chi connectivity index (χ2v) is 9.37. The molecule has 0 atom stereocenters. The number of carbonyl (C=O) groups is 1. The lowest BCUT2D eigenvalue weighted by atomic mass is 10.2. The van der Waals surface area contributed by atoms with Crippen LogP contribution in [0.5, 0.6) is 0 Å². The Morgan fingerprint density at radius 2 is 1.74 bits per heavy atom. The molecule has 10 heteroatoms. The molecule has 0 saturated carbocycles. The Morgan fingerprint density at radius 3 is 2.42 bits per heavy atom. The maximum Gasteiger partial charge on any atom is 0.261 e. The van der Waals surface area contributed by atoms with E-state index in [0.29, 0.717) is 10.9 Å². The number of piperazine rings is 1. The van der Waals surface area contributed by atoms with Gasteiger partial charge in [0.05, 0.1) is 22.1 Å². The van der Waals surface area contributed by atoms with Gasteiger partial charge in [-0.3, -0.25) is 14.2 Å². The predicted octanol–water partition coefficient (Wildman–Crippen LogP) is 1.38. The minimum Gasteiger partial charge on any atom is -0.338 e. The highest BCUT2D eigenvalue weighted by Crippen LogP contribution is 2.18. The second kappa shape index (κ2) is 8.20. The van der Waals surface area contributed by atoms with Crippen LogP contribution in [0.25, 0.3) is 10.9 Å². The van der Waals surface area contributed by atoms with Crippen molar-refractivity contribution in [3.8, 4) is 0 Å². The van der Waals surface area contributed by atoms with Crippen LogP contribution in [0.3, 0.4) is 0 Å². The van der Waals surface area contributed by atoms with Crippen LogP contribution in [0.15, 0.2) is 58.5 Å². The number of amides is 1. The van der Waals surface area contributed by atoms with Crippen LogP contribution in [0.4, 0.5) is 4.39 Å². The summed E-state index contributed by atoms with van der Waals surface area (Å²) in [5.41, 5.74) is 1.20. The third kappa shape index (κ3) is 4.21. The van der Waals surface area contributed by atoms with Crippen LogP contribution < -0.4 is 5.56 Å². The van der Waals surface area contributed by atoms with Crippen LogP contribution in [0.1, 0.15) is 5.56 Å². The van der Waals surface area contributed by atoms with Crippen LogP contribution in [0, 0.1) is 12.7 Å².